The van der Waals surface area contributed by atoms with Crippen LogP contribution in [0.15, 0.2) is 78.0 Å². The van der Waals surface area contributed by atoms with Gasteiger partial charge in [0.15, 0.2) is 5.03 Å². The Morgan fingerprint density at radius 2 is 1.82 bits per heavy atom. The van der Waals surface area contributed by atoms with Gasteiger partial charge in [-0.1, -0.05) is 67.4 Å². The van der Waals surface area contributed by atoms with Crippen molar-refractivity contribution in [2.45, 2.75) is 56.1 Å². The van der Waals surface area contributed by atoms with Gasteiger partial charge < -0.3 is 10.0 Å². The number of hydrogen-bond acceptors (Lipinski definition) is 5. The second-order valence-corrected chi connectivity index (χ2v) is 12.9. The van der Waals surface area contributed by atoms with Gasteiger partial charge in [0.25, 0.3) is 10.0 Å². The van der Waals surface area contributed by atoms with Crippen LogP contribution in [0, 0.1) is 5.41 Å². The van der Waals surface area contributed by atoms with Crippen molar-refractivity contribution < 1.29 is 23.1 Å². The maximum Gasteiger partial charge on any atom is 0.304 e. The van der Waals surface area contributed by atoms with Crippen LogP contribution in [0.1, 0.15) is 56.2 Å². The number of hydrogen-bond donors (Lipinski definition) is 2. The average molecular weight is 605 g/mol. The van der Waals surface area contributed by atoms with Crippen molar-refractivity contribution in [1.29, 1.82) is 0 Å². The third-order valence-corrected chi connectivity index (χ3v) is 9.24. The number of piperidine rings is 1. The SMILES string of the molecule is CCC(CNS(=O)(=O)c1ccccn1)N1C(=O)C(C)(CC(=O)O)CC(c2cccc(Cl)c2)C1c1ccc(Cl)cc1. The first-order valence-corrected chi connectivity index (χ1v) is 15.2. The predicted octanol–water partition coefficient (Wildman–Crippen LogP) is 5.68. The minimum atomic E-state index is -3.96. The molecule has 2 heterocycles. The number of nitrogens with one attached hydrogen (secondary N) is 1. The van der Waals surface area contributed by atoms with Gasteiger partial charge in [0.2, 0.25) is 5.91 Å². The molecule has 0 bridgehead atoms. The molecule has 1 aromatic heterocycles. The predicted molar refractivity (Wildman–Crippen MR) is 154 cm³/mol. The topological polar surface area (TPSA) is 117 Å². The van der Waals surface area contributed by atoms with Crippen molar-refractivity contribution in [3.05, 3.63) is 94.1 Å². The number of pyridine rings is 1. The monoisotopic (exact) mass is 603 g/mol. The lowest BCUT2D eigenvalue weighted by Crippen LogP contribution is -2.58. The van der Waals surface area contributed by atoms with Crippen LogP contribution in [0.5, 0.6) is 0 Å². The number of carboxylic acid groups (broad SMARTS) is 1. The molecule has 4 rings (SSSR count). The Morgan fingerprint density at radius 3 is 2.42 bits per heavy atom. The number of carbonyl (C=O) groups is 2. The molecule has 1 aliphatic heterocycles. The summed E-state index contributed by atoms with van der Waals surface area (Å²) in [6.07, 6.45) is 1.69. The highest BCUT2D eigenvalue weighted by atomic mass is 35.5. The number of sulfonamides is 1. The van der Waals surface area contributed by atoms with Crippen LogP contribution in [0.4, 0.5) is 0 Å². The third-order valence-electron chi connectivity index (χ3n) is 7.42. The Kier molecular flexibility index (Phi) is 9.19. The summed E-state index contributed by atoms with van der Waals surface area (Å²) in [5.74, 6) is -1.77. The summed E-state index contributed by atoms with van der Waals surface area (Å²) >= 11 is 12.6. The zero-order chi connectivity index (χ0) is 29.1. The van der Waals surface area contributed by atoms with E-state index < -0.39 is 33.5 Å². The lowest BCUT2D eigenvalue weighted by molar-refractivity contribution is -0.160. The quantitative estimate of drug-likeness (QED) is 0.308. The maximum atomic E-state index is 14.3. The van der Waals surface area contributed by atoms with E-state index in [1.54, 1.807) is 42.2 Å². The molecule has 4 unspecified atom stereocenters. The Hall–Kier alpha value is -2.98. The van der Waals surface area contributed by atoms with E-state index in [0.29, 0.717) is 16.5 Å². The maximum absolute atomic E-state index is 14.3. The first-order valence-electron chi connectivity index (χ1n) is 12.9. The third kappa shape index (κ3) is 6.49. The van der Waals surface area contributed by atoms with E-state index in [1.807, 2.05) is 37.3 Å². The standard InChI is InChI=1S/C29H31Cl2N3O5S/c1-3-23(18-33-40(38,39)25-9-4-5-14-32-25)34-27(19-10-12-21(30)13-11-19)24(20-7-6-8-22(31)15-20)16-29(2,28(34)37)17-26(35)36/h4-15,23-24,27,33H,3,16-18H2,1-2H3,(H,35,36). The van der Waals surface area contributed by atoms with E-state index in [0.717, 1.165) is 11.1 Å². The van der Waals surface area contributed by atoms with Crippen LogP contribution in [-0.4, -0.2) is 47.9 Å². The van der Waals surface area contributed by atoms with Gasteiger partial charge in [-0.3, -0.25) is 9.59 Å². The number of carboxylic acids is 1. The summed E-state index contributed by atoms with van der Waals surface area (Å²) in [7, 11) is -3.96. The summed E-state index contributed by atoms with van der Waals surface area (Å²) in [6, 6.07) is 18.0. The highest BCUT2D eigenvalue weighted by Gasteiger charge is 2.52. The first-order chi connectivity index (χ1) is 18.9. The van der Waals surface area contributed by atoms with Gasteiger partial charge in [0.1, 0.15) is 0 Å². The van der Waals surface area contributed by atoms with E-state index in [-0.39, 0.29) is 36.2 Å². The largest absolute Gasteiger partial charge is 0.481 e. The van der Waals surface area contributed by atoms with Gasteiger partial charge in [-0.2, -0.15) is 0 Å². The van der Waals surface area contributed by atoms with Gasteiger partial charge in [0, 0.05) is 34.7 Å². The molecular weight excluding hydrogens is 573 g/mol. The Balaban J connectivity index is 1.83. The zero-order valence-corrected chi connectivity index (χ0v) is 24.5. The molecule has 1 amide bonds. The second-order valence-electron chi connectivity index (χ2n) is 10.3. The minimum absolute atomic E-state index is 0.0867. The number of aliphatic carboxylic acids is 1. The summed E-state index contributed by atoms with van der Waals surface area (Å²) in [4.78, 5) is 31.9. The van der Waals surface area contributed by atoms with Crippen molar-refractivity contribution in [2.75, 3.05) is 6.54 Å². The summed E-state index contributed by atoms with van der Waals surface area (Å²) in [6.45, 7) is 3.44. The minimum Gasteiger partial charge on any atom is -0.481 e. The molecule has 3 aromatic rings. The molecular formula is C29H31Cl2N3O5S. The van der Waals surface area contributed by atoms with Crippen molar-refractivity contribution in [3.63, 3.8) is 0 Å². The van der Waals surface area contributed by atoms with Crippen molar-refractivity contribution in [2.24, 2.45) is 5.41 Å². The van der Waals surface area contributed by atoms with Crippen LogP contribution in [-0.2, 0) is 19.6 Å². The zero-order valence-electron chi connectivity index (χ0n) is 22.1. The molecule has 0 saturated carbocycles. The molecule has 2 N–H and O–H groups in total. The highest BCUT2D eigenvalue weighted by molar-refractivity contribution is 7.89. The first kappa shape index (κ1) is 30.0. The smallest absolute Gasteiger partial charge is 0.304 e. The van der Waals surface area contributed by atoms with Crippen molar-refractivity contribution in [3.8, 4) is 0 Å². The molecule has 2 aromatic carbocycles. The number of carbonyl (C=O) groups excluding carboxylic acids is 1. The number of likely N-dealkylation sites (tertiary alicyclic amines) is 1. The number of benzene rings is 2. The van der Waals surface area contributed by atoms with E-state index in [1.165, 1.54) is 12.3 Å². The van der Waals surface area contributed by atoms with E-state index in [4.69, 9.17) is 23.2 Å². The fraction of sp³-hybridized carbons (Fsp3) is 0.345. The lowest BCUT2D eigenvalue weighted by Gasteiger charge is -2.52. The molecule has 0 radical (unpaired) electrons. The van der Waals surface area contributed by atoms with Crippen molar-refractivity contribution in [1.82, 2.24) is 14.6 Å². The Labute approximate surface area is 244 Å². The highest BCUT2D eigenvalue weighted by Crippen LogP contribution is 2.52. The van der Waals surface area contributed by atoms with Crippen LogP contribution in [0.3, 0.4) is 0 Å². The number of amides is 1. The molecule has 0 spiro atoms. The van der Waals surface area contributed by atoms with E-state index >= 15 is 0 Å². The summed E-state index contributed by atoms with van der Waals surface area (Å²) < 4.78 is 28.7. The Bertz CT molecular complexity index is 1470. The van der Waals surface area contributed by atoms with Crippen LogP contribution >= 0.6 is 23.2 Å². The second kappa shape index (κ2) is 12.3. The summed E-state index contributed by atoms with van der Waals surface area (Å²) in [5.41, 5.74) is 0.409. The molecule has 11 heteroatoms. The van der Waals surface area contributed by atoms with Crippen LogP contribution in [0.25, 0.3) is 0 Å². The Morgan fingerprint density at radius 1 is 1.10 bits per heavy atom. The van der Waals surface area contributed by atoms with Gasteiger partial charge in [0.05, 0.1) is 17.9 Å². The fourth-order valence-corrected chi connectivity index (χ4v) is 6.85. The van der Waals surface area contributed by atoms with Crippen LogP contribution in [0.2, 0.25) is 10.0 Å². The van der Waals surface area contributed by atoms with E-state index in [2.05, 4.69) is 9.71 Å². The number of aromatic nitrogens is 1. The molecule has 1 saturated heterocycles. The molecule has 4 atom stereocenters. The van der Waals surface area contributed by atoms with E-state index in [9.17, 15) is 23.1 Å². The lowest BCUT2D eigenvalue weighted by atomic mass is 9.67. The fourth-order valence-electron chi connectivity index (χ4n) is 5.51. The number of rotatable bonds is 10. The molecule has 40 heavy (non-hydrogen) atoms. The van der Waals surface area contributed by atoms with Gasteiger partial charge >= 0.3 is 5.97 Å². The van der Waals surface area contributed by atoms with Crippen LogP contribution < -0.4 is 4.72 Å². The average Bonchev–Trinajstić information content (AvgIpc) is 2.92. The molecule has 1 aliphatic rings. The molecule has 1 fully saturated rings. The van der Waals surface area contributed by atoms with Gasteiger partial charge in [-0.15, -0.1) is 0 Å². The normalized spacial score (nSPS) is 22.2. The molecule has 8 nitrogen and oxygen atoms in total. The molecule has 0 aliphatic carbocycles. The number of nitrogens with zero attached hydrogens (tertiary/aromatic N) is 2. The number of halogens is 2. The summed E-state index contributed by atoms with van der Waals surface area (Å²) in [5, 5.41) is 10.7. The van der Waals surface area contributed by atoms with Gasteiger partial charge in [-0.05, 0) is 60.4 Å². The van der Waals surface area contributed by atoms with Crippen molar-refractivity contribution >= 4 is 45.1 Å². The molecule has 212 valence electrons. The van der Waals surface area contributed by atoms with Gasteiger partial charge in [-0.25, -0.2) is 18.1 Å².